The van der Waals surface area contributed by atoms with Crippen molar-refractivity contribution >= 4 is 12.8 Å². The molecule has 1 aliphatic carbocycles. The van der Waals surface area contributed by atoms with Gasteiger partial charge in [-0.1, -0.05) is 0 Å². The molecule has 19 heavy (non-hydrogen) atoms. The van der Waals surface area contributed by atoms with Gasteiger partial charge in [0.2, 0.25) is 0 Å². The summed E-state index contributed by atoms with van der Waals surface area (Å²) in [4.78, 5) is 32.9. The number of rotatable bonds is 3. The molecule has 0 saturated heterocycles. The minimum atomic E-state index is -4.16. The fourth-order valence-electron chi connectivity index (χ4n) is 2.60. The third-order valence-electron chi connectivity index (χ3n) is 4.35. The first kappa shape index (κ1) is 16.0. The van der Waals surface area contributed by atoms with E-state index in [2.05, 4.69) is 34.6 Å². The third-order valence-corrected chi connectivity index (χ3v) is 10.4. The van der Waals surface area contributed by atoms with E-state index in [9.17, 15) is 14.4 Å². The van der Waals surface area contributed by atoms with Crippen LogP contribution in [-0.4, -0.2) is 12.8 Å². The summed E-state index contributed by atoms with van der Waals surface area (Å²) in [6.45, 7) is 10.5. The van der Waals surface area contributed by atoms with E-state index < -0.39 is 14.7 Å². The van der Waals surface area contributed by atoms with Crippen LogP contribution < -0.4 is 0 Å². The van der Waals surface area contributed by atoms with Gasteiger partial charge < -0.3 is 0 Å². The normalized spacial score (nSPS) is 18.2. The van der Waals surface area contributed by atoms with Gasteiger partial charge in [-0.3, -0.25) is 0 Å². The van der Waals surface area contributed by atoms with Crippen molar-refractivity contribution in [3.8, 4) is 0 Å². The second kappa shape index (κ2) is 5.49. The van der Waals surface area contributed by atoms with Crippen LogP contribution in [0.3, 0.4) is 0 Å². The molecule has 0 atom stereocenters. The zero-order valence-corrected chi connectivity index (χ0v) is 15.0. The summed E-state index contributed by atoms with van der Waals surface area (Å²) in [6, 6.07) is 0. The summed E-state index contributed by atoms with van der Waals surface area (Å²) in [7, 11) is 0. The Labute approximate surface area is 115 Å². The van der Waals surface area contributed by atoms with Crippen molar-refractivity contribution in [2.45, 2.75) is 45.9 Å². The van der Waals surface area contributed by atoms with Crippen LogP contribution in [0.2, 0.25) is 4.81 Å². The summed E-state index contributed by atoms with van der Waals surface area (Å²) in [5.41, 5.74) is 4.93. The van der Waals surface area contributed by atoms with Gasteiger partial charge in [-0.2, -0.15) is 0 Å². The summed E-state index contributed by atoms with van der Waals surface area (Å²) < 4.78 is 5.04. The third kappa shape index (κ3) is 2.62. The van der Waals surface area contributed by atoms with Gasteiger partial charge >= 0.3 is 115 Å². The molecule has 4 heteroatoms. The number of carbonyl (C=O) groups excluding carboxylic acids is 3. The molecule has 3 nitrogen and oxygen atoms in total. The molecule has 0 heterocycles. The molecule has 0 fully saturated rings. The maximum atomic E-state index is 10.9. The molecule has 0 aromatic rings. The van der Waals surface area contributed by atoms with Crippen LogP contribution in [0.4, 0.5) is 0 Å². The van der Waals surface area contributed by atoms with Crippen LogP contribution in [0.15, 0.2) is 22.3 Å². The fraction of sp³-hybridized carbons (Fsp3) is 0.533. The Bertz CT molecular complexity index is 684. The van der Waals surface area contributed by atoms with Gasteiger partial charge in [-0.05, 0) is 0 Å². The van der Waals surface area contributed by atoms with E-state index in [4.69, 9.17) is 0 Å². The Morgan fingerprint density at radius 3 is 1.74 bits per heavy atom. The summed E-state index contributed by atoms with van der Waals surface area (Å²) >= 11 is -4.16. The van der Waals surface area contributed by atoms with Crippen LogP contribution in [0.1, 0.15) is 41.0 Å². The zero-order chi connectivity index (χ0) is 14.8. The Morgan fingerprint density at radius 1 is 0.947 bits per heavy atom. The first-order valence-corrected chi connectivity index (χ1v) is 12.6. The molecule has 0 saturated carbocycles. The molecule has 0 radical (unpaired) electrons. The number of allylic oxidation sites excluding steroid dienone is 4. The molecular weight excluding hydrogens is 412 g/mol. The Hall–Kier alpha value is -1.09. The van der Waals surface area contributed by atoms with Crippen LogP contribution in [-0.2, 0) is 29.1 Å². The van der Waals surface area contributed by atoms with E-state index in [0.29, 0.717) is 11.2 Å². The quantitative estimate of drug-likeness (QED) is 0.691. The van der Waals surface area contributed by atoms with Crippen LogP contribution in [0.25, 0.3) is 0 Å². The monoisotopic (exact) mass is 431 g/mol. The zero-order valence-electron chi connectivity index (χ0n) is 12.0. The van der Waals surface area contributed by atoms with Gasteiger partial charge in [0, 0.05) is 0 Å². The molecule has 0 bridgehead atoms. The van der Waals surface area contributed by atoms with Gasteiger partial charge in [0.15, 0.2) is 0 Å². The van der Waals surface area contributed by atoms with Crippen LogP contribution >= 0.6 is 0 Å². The second-order valence-corrected chi connectivity index (χ2v) is 14.0. The molecule has 1 rings (SSSR count). The van der Waals surface area contributed by atoms with Crippen LogP contribution in [0.5, 0.6) is 0 Å². The number of hydrogen-bond donors (Lipinski definition) is 0. The molecule has 0 unspecified atom stereocenters. The van der Waals surface area contributed by atoms with Crippen molar-refractivity contribution in [1.29, 1.82) is 0 Å². The van der Waals surface area contributed by atoms with Crippen molar-refractivity contribution in [3.05, 3.63) is 22.3 Å². The molecular formula is C15H19O3W. The van der Waals surface area contributed by atoms with E-state index >= 15 is 0 Å². The van der Waals surface area contributed by atoms with Crippen LogP contribution in [0, 0.1) is 5.41 Å². The van der Waals surface area contributed by atoms with Crippen molar-refractivity contribution in [2.75, 3.05) is 0 Å². The van der Waals surface area contributed by atoms with Crippen molar-refractivity contribution < 1.29 is 29.1 Å². The molecule has 0 aromatic heterocycles. The second-order valence-electron chi connectivity index (χ2n) is 5.42. The van der Waals surface area contributed by atoms with Gasteiger partial charge in [-0.25, -0.2) is 0 Å². The first-order chi connectivity index (χ1) is 8.75. The van der Waals surface area contributed by atoms with E-state index in [-0.39, 0.29) is 5.41 Å². The van der Waals surface area contributed by atoms with Gasteiger partial charge in [0.1, 0.15) is 0 Å². The molecule has 0 spiro atoms. The Kier molecular flexibility index (Phi) is 4.62. The van der Waals surface area contributed by atoms with Gasteiger partial charge in [0.05, 0.1) is 0 Å². The Balaban J connectivity index is 3.23. The van der Waals surface area contributed by atoms with Gasteiger partial charge in [-0.15, -0.1) is 0 Å². The summed E-state index contributed by atoms with van der Waals surface area (Å²) in [5.74, 6) is 0. The predicted octanol–water partition coefficient (Wildman–Crippen LogP) is 2.84. The molecule has 0 amide bonds. The SMILES string of the molecule is CC1=C(C)C(C)(C)C(C[CH2][W](=[C]=O)(=[C]=O)=[C]=O)=C1C. The standard InChI is InChI=1S/C12H19.3CO.W/c1-7-11-9(3)8(2)10(4)12(11,5)6;3*1-2;/h1,7H2,2-6H3;;;;. The van der Waals surface area contributed by atoms with Crippen molar-refractivity contribution in [3.63, 3.8) is 0 Å². The van der Waals surface area contributed by atoms with Crippen molar-refractivity contribution in [1.82, 2.24) is 0 Å². The first-order valence-electron chi connectivity index (χ1n) is 6.12. The summed E-state index contributed by atoms with van der Waals surface area (Å²) in [5, 5.41) is 0. The molecule has 103 valence electrons. The molecule has 0 aromatic carbocycles. The fourth-order valence-corrected chi connectivity index (χ4v) is 5.70. The topological polar surface area (TPSA) is 51.2 Å². The Morgan fingerprint density at radius 2 is 1.42 bits per heavy atom. The predicted molar refractivity (Wildman–Crippen MR) is 71.4 cm³/mol. The van der Waals surface area contributed by atoms with Crippen molar-refractivity contribution in [2.24, 2.45) is 5.41 Å². The van der Waals surface area contributed by atoms with E-state index in [0.717, 1.165) is 0 Å². The molecule has 0 aliphatic heterocycles. The minimum absolute atomic E-state index is 0.0693. The van der Waals surface area contributed by atoms with E-state index in [1.54, 1.807) is 12.8 Å². The average molecular weight is 431 g/mol. The average Bonchev–Trinajstić information content (AvgIpc) is 2.54. The number of hydrogen-bond acceptors (Lipinski definition) is 3. The summed E-state index contributed by atoms with van der Waals surface area (Å²) in [6.07, 6.45) is 0.586. The maximum absolute atomic E-state index is 10.9. The molecule has 1 aliphatic rings. The van der Waals surface area contributed by atoms with Gasteiger partial charge in [0.25, 0.3) is 0 Å². The van der Waals surface area contributed by atoms with E-state index in [1.165, 1.54) is 22.3 Å². The molecule has 0 N–H and O–H groups in total. The van der Waals surface area contributed by atoms with E-state index in [1.807, 2.05) is 0 Å².